The first kappa shape index (κ1) is 18.6. The molecule has 2 aliphatic heterocycles. The Morgan fingerprint density at radius 3 is 2.65 bits per heavy atom. The summed E-state index contributed by atoms with van der Waals surface area (Å²) in [5, 5.41) is 17.9. The number of hydrogen-bond donors (Lipinski definition) is 2. The SMILES string of the molecule is CC1CCN(c2ccc(C(=O)NC3CCNC(C)C3)cc2[N+](=O)[O-])CC1. The van der Waals surface area contributed by atoms with Gasteiger partial charge in [-0.25, -0.2) is 0 Å². The van der Waals surface area contributed by atoms with E-state index in [1.165, 1.54) is 6.07 Å². The lowest BCUT2D eigenvalue weighted by molar-refractivity contribution is -0.384. The lowest BCUT2D eigenvalue weighted by atomic mass is 9.98. The van der Waals surface area contributed by atoms with E-state index >= 15 is 0 Å². The fourth-order valence-corrected chi connectivity index (χ4v) is 3.86. The van der Waals surface area contributed by atoms with E-state index in [1.807, 2.05) is 0 Å². The minimum Gasteiger partial charge on any atom is -0.366 e. The van der Waals surface area contributed by atoms with E-state index < -0.39 is 0 Å². The molecule has 2 unspecified atom stereocenters. The minimum atomic E-state index is -0.378. The number of carbonyl (C=O) groups is 1. The number of nitro benzene ring substituents is 1. The number of piperidine rings is 2. The van der Waals surface area contributed by atoms with E-state index in [2.05, 4.69) is 29.4 Å². The Balaban J connectivity index is 1.75. The van der Waals surface area contributed by atoms with Crippen LogP contribution in [0.15, 0.2) is 18.2 Å². The van der Waals surface area contributed by atoms with Gasteiger partial charge in [-0.2, -0.15) is 0 Å². The highest BCUT2D eigenvalue weighted by atomic mass is 16.6. The van der Waals surface area contributed by atoms with E-state index in [-0.39, 0.29) is 22.6 Å². The highest BCUT2D eigenvalue weighted by molar-refractivity contribution is 5.96. The average Bonchev–Trinajstić information content (AvgIpc) is 2.62. The minimum absolute atomic E-state index is 0.0193. The van der Waals surface area contributed by atoms with Gasteiger partial charge in [-0.3, -0.25) is 14.9 Å². The third-order valence-corrected chi connectivity index (χ3v) is 5.52. The molecule has 0 radical (unpaired) electrons. The van der Waals surface area contributed by atoms with Crippen LogP contribution in [0.5, 0.6) is 0 Å². The Kier molecular flexibility index (Phi) is 5.76. The van der Waals surface area contributed by atoms with Crippen LogP contribution in [0.2, 0.25) is 0 Å². The van der Waals surface area contributed by atoms with Crippen LogP contribution in [-0.2, 0) is 0 Å². The molecule has 1 aromatic carbocycles. The number of amides is 1. The summed E-state index contributed by atoms with van der Waals surface area (Å²) in [6.45, 7) is 6.82. The predicted molar refractivity (Wildman–Crippen MR) is 102 cm³/mol. The van der Waals surface area contributed by atoms with E-state index in [0.29, 0.717) is 23.2 Å². The van der Waals surface area contributed by atoms with Crippen LogP contribution in [0.1, 0.15) is 49.9 Å². The van der Waals surface area contributed by atoms with Gasteiger partial charge >= 0.3 is 0 Å². The van der Waals surface area contributed by atoms with Crippen LogP contribution in [-0.4, -0.2) is 42.5 Å². The molecule has 26 heavy (non-hydrogen) atoms. The van der Waals surface area contributed by atoms with Gasteiger partial charge in [0, 0.05) is 36.8 Å². The van der Waals surface area contributed by atoms with Gasteiger partial charge in [0.1, 0.15) is 5.69 Å². The first-order valence-electron chi connectivity index (χ1n) is 9.51. The van der Waals surface area contributed by atoms with Crippen molar-refractivity contribution in [3.63, 3.8) is 0 Å². The first-order valence-corrected chi connectivity index (χ1v) is 9.51. The number of benzene rings is 1. The number of anilines is 1. The number of nitro groups is 1. The molecule has 0 saturated carbocycles. The normalized spacial score (nSPS) is 24.3. The van der Waals surface area contributed by atoms with Crippen molar-refractivity contribution in [2.45, 2.75) is 51.6 Å². The highest BCUT2D eigenvalue weighted by Gasteiger charge is 2.26. The second-order valence-corrected chi connectivity index (χ2v) is 7.68. The number of hydrogen-bond acceptors (Lipinski definition) is 5. The standard InChI is InChI=1S/C19H28N4O3/c1-13-6-9-22(10-7-13)17-4-3-15(12-18(17)23(25)26)19(24)21-16-5-8-20-14(2)11-16/h3-4,12-14,16,20H,5-11H2,1-2H3,(H,21,24). The van der Waals surface area contributed by atoms with Crippen molar-refractivity contribution in [3.05, 3.63) is 33.9 Å². The van der Waals surface area contributed by atoms with E-state index in [4.69, 9.17) is 0 Å². The van der Waals surface area contributed by atoms with Gasteiger partial charge in [0.05, 0.1) is 4.92 Å². The van der Waals surface area contributed by atoms with Gasteiger partial charge in [0.25, 0.3) is 11.6 Å². The summed E-state index contributed by atoms with van der Waals surface area (Å²) in [5.74, 6) is 0.425. The van der Waals surface area contributed by atoms with Crippen molar-refractivity contribution in [3.8, 4) is 0 Å². The van der Waals surface area contributed by atoms with Gasteiger partial charge in [-0.15, -0.1) is 0 Å². The molecule has 2 atom stereocenters. The third-order valence-electron chi connectivity index (χ3n) is 5.52. The molecule has 7 nitrogen and oxygen atoms in total. The molecule has 2 heterocycles. The van der Waals surface area contributed by atoms with Crippen molar-refractivity contribution in [1.82, 2.24) is 10.6 Å². The molecule has 142 valence electrons. The van der Waals surface area contributed by atoms with Crippen LogP contribution < -0.4 is 15.5 Å². The summed E-state index contributed by atoms with van der Waals surface area (Å²) < 4.78 is 0. The largest absolute Gasteiger partial charge is 0.366 e. The molecular formula is C19H28N4O3. The summed E-state index contributed by atoms with van der Waals surface area (Å²) in [4.78, 5) is 25.8. The van der Waals surface area contributed by atoms with Gasteiger partial charge in [-0.1, -0.05) is 6.92 Å². The fourth-order valence-electron chi connectivity index (χ4n) is 3.86. The van der Waals surface area contributed by atoms with Crippen LogP contribution in [0, 0.1) is 16.0 Å². The van der Waals surface area contributed by atoms with Crippen molar-refractivity contribution in [2.75, 3.05) is 24.5 Å². The zero-order valence-electron chi connectivity index (χ0n) is 15.5. The Labute approximate surface area is 154 Å². The topological polar surface area (TPSA) is 87.5 Å². The second-order valence-electron chi connectivity index (χ2n) is 7.68. The lowest BCUT2D eigenvalue weighted by Gasteiger charge is -2.32. The highest BCUT2D eigenvalue weighted by Crippen LogP contribution is 2.32. The molecule has 2 N–H and O–H groups in total. The molecular weight excluding hydrogens is 332 g/mol. The first-order chi connectivity index (χ1) is 12.4. The predicted octanol–water partition coefficient (Wildman–Crippen LogP) is 2.70. The Morgan fingerprint density at radius 1 is 1.27 bits per heavy atom. The second kappa shape index (κ2) is 8.03. The van der Waals surface area contributed by atoms with Gasteiger partial charge < -0.3 is 15.5 Å². The summed E-state index contributed by atoms with van der Waals surface area (Å²) in [7, 11) is 0. The summed E-state index contributed by atoms with van der Waals surface area (Å²) in [5.41, 5.74) is 0.997. The van der Waals surface area contributed by atoms with Crippen molar-refractivity contribution < 1.29 is 9.72 Å². The molecule has 2 saturated heterocycles. The average molecular weight is 360 g/mol. The molecule has 2 fully saturated rings. The Bertz CT molecular complexity index is 671. The quantitative estimate of drug-likeness (QED) is 0.637. The fraction of sp³-hybridized carbons (Fsp3) is 0.632. The van der Waals surface area contributed by atoms with Gasteiger partial charge in [0.2, 0.25) is 0 Å². The van der Waals surface area contributed by atoms with Crippen LogP contribution >= 0.6 is 0 Å². The molecule has 0 aliphatic carbocycles. The van der Waals surface area contributed by atoms with Crippen molar-refractivity contribution in [1.29, 1.82) is 0 Å². The molecule has 0 bridgehead atoms. The van der Waals surface area contributed by atoms with Crippen molar-refractivity contribution in [2.24, 2.45) is 5.92 Å². The maximum Gasteiger partial charge on any atom is 0.293 e. The lowest BCUT2D eigenvalue weighted by Crippen LogP contribution is -2.46. The third kappa shape index (κ3) is 4.33. The molecule has 0 spiro atoms. The number of carbonyl (C=O) groups excluding carboxylic acids is 1. The zero-order chi connectivity index (χ0) is 18.7. The molecule has 1 amide bonds. The molecule has 3 rings (SSSR count). The number of nitrogens with zero attached hydrogens (tertiary/aromatic N) is 2. The maximum absolute atomic E-state index is 12.6. The molecule has 7 heteroatoms. The van der Waals surface area contributed by atoms with Crippen LogP contribution in [0.3, 0.4) is 0 Å². The number of rotatable bonds is 4. The summed E-state index contributed by atoms with van der Waals surface area (Å²) in [6.07, 6.45) is 3.82. The van der Waals surface area contributed by atoms with Crippen LogP contribution in [0.25, 0.3) is 0 Å². The molecule has 0 aromatic heterocycles. The monoisotopic (exact) mass is 360 g/mol. The van der Waals surface area contributed by atoms with E-state index in [0.717, 1.165) is 45.3 Å². The van der Waals surface area contributed by atoms with Crippen molar-refractivity contribution >= 4 is 17.3 Å². The van der Waals surface area contributed by atoms with Gasteiger partial charge in [-0.05, 0) is 57.2 Å². The van der Waals surface area contributed by atoms with E-state index in [9.17, 15) is 14.9 Å². The van der Waals surface area contributed by atoms with Crippen LogP contribution in [0.4, 0.5) is 11.4 Å². The summed E-state index contributed by atoms with van der Waals surface area (Å²) >= 11 is 0. The number of nitrogens with one attached hydrogen (secondary N) is 2. The van der Waals surface area contributed by atoms with E-state index in [1.54, 1.807) is 12.1 Å². The molecule has 2 aliphatic rings. The Morgan fingerprint density at radius 2 is 2.00 bits per heavy atom. The smallest absolute Gasteiger partial charge is 0.293 e. The van der Waals surface area contributed by atoms with Gasteiger partial charge in [0.15, 0.2) is 0 Å². The maximum atomic E-state index is 12.6. The molecule has 1 aromatic rings. The summed E-state index contributed by atoms with van der Waals surface area (Å²) in [6, 6.07) is 5.34. The Hall–Kier alpha value is -2.15. The zero-order valence-corrected chi connectivity index (χ0v) is 15.5.